The minimum absolute atomic E-state index is 0.0128. The van der Waals surface area contributed by atoms with E-state index < -0.39 is 0 Å². The lowest BCUT2D eigenvalue weighted by atomic mass is 9.83. The van der Waals surface area contributed by atoms with E-state index in [1.54, 1.807) is 28.4 Å². The van der Waals surface area contributed by atoms with Gasteiger partial charge >= 0.3 is 0 Å². The largest absolute Gasteiger partial charge is 0.493 e. The molecule has 6 heteroatoms. The Bertz CT molecular complexity index is 902. The van der Waals surface area contributed by atoms with Crippen LogP contribution in [0.4, 0.5) is 0 Å². The normalized spacial score (nSPS) is 25.2. The van der Waals surface area contributed by atoms with E-state index in [4.69, 9.17) is 18.9 Å². The van der Waals surface area contributed by atoms with Crippen LogP contribution in [0.2, 0.25) is 0 Å². The van der Waals surface area contributed by atoms with Gasteiger partial charge in [-0.25, -0.2) is 0 Å². The van der Waals surface area contributed by atoms with Crippen molar-refractivity contribution in [3.63, 3.8) is 0 Å². The molecule has 0 aromatic heterocycles. The van der Waals surface area contributed by atoms with Crippen LogP contribution in [-0.2, 0) is 9.59 Å². The summed E-state index contributed by atoms with van der Waals surface area (Å²) < 4.78 is 21.5. The molecule has 0 saturated heterocycles. The molecule has 2 fully saturated rings. The maximum absolute atomic E-state index is 13.0. The molecular weight excluding hydrogens is 384 g/mol. The Morgan fingerprint density at radius 2 is 0.967 bits per heavy atom. The van der Waals surface area contributed by atoms with Crippen LogP contribution in [0.5, 0.6) is 23.0 Å². The highest BCUT2D eigenvalue weighted by Gasteiger charge is 2.54. The average molecular weight is 410 g/mol. The monoisotopic (exact) mass is 410 g/mol. The maximum Gasteiger partial charge on any atom is 0.161 e. The molecule has 2 aliphatic carbocycles. The van der Waals surface area contributed by atoms with E-state index in [0.29, 0.717) is 35.8 Å². The summed E-state index contributed by atoms with van der Waals surface area (Å²) in [5, 5.41) is 0. The van der Waals surface area contributed by atoms with Gasteiger partial charge in [0.15, 0.2) is 23.0 Å². The molecule has 2 aromatic carbocycles. The zero-order valence-electron chi connectivity index (χ0n) is 17.6. The van der Waals surface area contributed by atoms with Gasteiger partial charge in [0, 0.05) is 24.7 Å². The first-order valence-corrected chi connectivity index (χ1v) is 10.0. The van der Waals surface area contributed by atoms with Gasteiger partial charge in [0.05, 0.1) is 28.4 Å². The van der Waals surface area contributed by atoms with Gasteiger partial charge in [-0.3, -0.25) is 9.59 Å². The SMILES string of the molecule is COc1ccc([C@H]2C(=O)C[C@H]3[C@@H]2CC(=O)[C@@H]3c2ccc(OC)c(OC)c2)cc1OC. The van der Waals surface area contributed by atoms with Crippen molar-refractivity contribution in [1.82, 2.24) is 0 Å². The van der Waals surface area contributed by atoms with E-state index in [0.717, 1.165) is 11.1 Å². The number of hydrogen-bond donors (Lipinski definition) is 0. The summed E-state index contributed by atoms with van der Waals surface area (Å²) in [7, 11) is 6.31. The van der Waals surface area contributed by atoms with E-state index >= 15 is 0 Å². The lowest BCUT2D eigenvalue weighted by Crippen LogP contribution is -2.14. The molecule has 158 valence electrons. The second-order valence-corrected chi connectivity index (χ2v) is 7.85. The van der Waals surface area contributed by atoms with Crippen molar-refractivity contribution in [1.29, 1.82) is 0 Å². The number of carbonyl (C=O) groups is 2. The molecule has 30 heavy (non-hydrogen) atoms. The summed E-state index contributed by atoms with van der Waals surface area (Å²) in [5.74, 6) is 2.14. The van der Waals surface area contributed by atoms with Gasteiger partial charge in [-0.05, 0) is 47.2 Å². The molecule has 4 rings (SSSR count). The van der Waals surface area contributed by atoms with Crippen molar-refractivity contribution in [3.8, 4) is 23.0 Å². The number of methoxy groups -OCH3 is 4. The van der Waals surface area contributed by atoms with Gasteiger partial charge in [0.1, 0.15) is 11.6 Å². The van der Waals surface area contributed by atoms with E-state index in [2.05, 4.69) is 0 Å². The van der Waals surface area contributed by atoms with Gasteiger partial charge in [0.25, 0.3) is 0 Å². The summed E-state index contributed by atoms with van der Waals surface area (Å²) >= 11 is 0. The highest BCUT2D eigenvalue weighted by atomic mass is 16.5. The fourth-order valence-electron chi connectivity index (χ4n) is 5.19. The Labute approximate surface area is 176 Å². The molecule has 2 aromatic rings. The molecule has 2 saturated carbocycles. The molecule has 0 spiro atoms. The molecule has 6 nitrogen and oxygen atoms in total. The van der Waals surface area contributed by atoms with Crippen molar-refractivity contribution in [2.75, 3.05) is 28.4 Å². The predicted molar refractivity (Wildman–Crippen MR) is 111 cm³/mol. The Hall–Kier alpha value is -3.02. The maximum atomic E-state index is 13.0. The minimum Gasteiger partial charge on any atom is -0.493 e. The quantitative estimate of drug-likeness (QED) is 0.722. The van der Waals surface area contributed by atoms with Gasteiger partial charge in [0.2, 0.25) is 0 Å². The number of ketones is 2. The molecule has 0 heterocycles. The van der Waals surface area contributed by atoms with Crippen LogP contribution < -0.4 is 18.9 Å². The first-order valence-electron chi connectivity index (χ1n) is 10.0. The van der Waals surface area contributed by atoms with Gasteiger partial charge in [-0.2, -0.15) is 0 Å². The third kappa shape index (κ3) is 3.20. The molecular formula is C24H26O6. The fourth-order valence-corrected chi connectivity index (χ4v) is 5.19. The standard InChI is InChI=1S/C24H26O6/c1-27-19-7-5-13(9-21(19)29-3)23-15-11-18(26)24(16(15)12-17(23)25)14-6-8-20(28-2)22(10-14)30-4/h5-10,15-16,23-24H,11-12H2,1-4H3/t15-,16-,23+,24+/m0/s1. The van der Waals surface area contributed by atoms with Gasteiger partial charge in [-0.15, -0.1) is 0 Å². The molecule has 0 bridgehead atoms. The van der Waals surface area contributed by atoms with Crippen LogP contribution in [-0.4, -0.2) is 40.0 Å². The molecule has 0 amide bonds. The number of hydrogen-bond acceptors (Lipinski definition) is 6. The summed E-state index contributed by atoms with van der Waals surface area (Å²) in [6.07, 6.45) is 0.795. The van der Waals surface area contributed by atoms with Crippen LogP contribution in [0.25, 0.3) is 0 Å². The third-order valence-electron chi connectivity index (χ3n) is 6.51. The average Bonchev–Trinajstić information content (AvgIpc) is 3.24. The van der Waals surface area contributed by atoms with Crippen LogP contribution in [0, 0.1) is 11.8 Å². The number of benzene rings is 2. The smallest absolute Gasteiger partial charge is 0.161 e. The van der Waals surface area contributed by atoms with E-state index in [1.165, 1.54) is 0 Å². The van der Waals surface area contributed by atoms with Crippen molar-refractivity contribution in [3.05, 3.63) is 47.5 Å². The number of carbonyl (C=O) groups excluding carboxylic acids is 2. The third-order valence-corrected chi connectivity index (χ3v) is 6.51. The van der Waals surface area contributed by atoms with Crippen molar-refractivity contribution < 1.29 is 28.5 Å². The van der Waals surface area contributed by atoms with Crippen LogP contribution in [0.3, 0.4) is 0 Å². The highest BCUT2D eigenvalue weighted by molar-refractivity contribution is 5.96. The summed E-state index contributed by atoms with van der Waals surface area (Å²) in [5.41, 5.74) is 1.76. The number of ether oxygens (including phenoxy) is 4. The van der Waals surface area contributed by atoms with Crippen LogP contribution in [0.1, 0.15) is 35.8 Å². The van der Waals surface area contributed by atoms with E-state index in [-0.39, 0.29) is 35.2 Å². The Kier molecular flexibility index (Phi) is 5.41. The topological polar surface area (TPSA) is 71.1 Å². The van der Waals surface area contributed by atoms with Crippen molar-refractivity contribution >= 4 is 11.6 Å². The number of Topliss-reactive ketones (excluding diaryl/α,β-unsaturated/α-hetero) is 2. The zero-order valence-corrected chi connectivity index (χ0v) is 17.6. The lowest BCUT2D eigenvalue weighted by molar-refractivity contribution is -0.121. The first-order chi connectivity index (χ1) is 14.5. The second-order valence-electron chi connectivity index (χ2n) is 7.85. The van der Waals surface area contributed by atoms with Gasteiger partial charge in [-0.1, -0.05) is 12.1 Å². The predicted octanol–water partition coefficient (Wildman–Crippen LogP) is 3.77. The summed E-state index contributed by atoms with van der Waals surface area (Å²) in [6, 6.07) is 11.2. The molecule has 0 radical (unpaired) electrons. The Morgan fingerprint density at radius 3 is 1.30 bits per heavy atom. The molecule has 4 atom stereocenters. The molecule has 0 unspecified atom stereocenters. The van der Waals surface area contributed by atoms with E-state index in [9.17, 15) is 9.59 Å². The van der Waals surface area contributed by atoms with Crippen molar-refractivity contribution in [2.45, 2.75) is 24.7 Å². The number of rotatable bonds is 6. The van der Waals surface area contributed by atoms with Crippen LogP contribution in [0.15, 0.2) is 36.4 Å². The van der Waals surface area contributed by atoms with Gasteiger partial charge < -0.3 is 18.9 Å². The zero-order chi connectivity index (χ0) is 21.4. The fraction of sp³-hybridized carbons (Fsp3) is 0.417. The minimum atomic E-state index is -0.302. The molecule has 0 aliphatic heterocycles. The van der Waals surface area contributed by atoms with Crippen LogP contribution >= 0.6 is 0 Å². The highest BCUT2D eigenvalue weighted by Crippen LogP contribution is 2.55. The lowest BCUT2D eigenvalue weighted by Gasteiger charge is -2.20. The summed E-state index contributed by atoms with van der Waals surface area (Å²) in [6.45, 7) is 0. The Morgan fingerprint density at radius 1 is 0.600 bits per heavy atom. The van der Waals surface area contributed by atoms with Crippen molar-refractivity contribution in [2.24, 2.45) is 11.8 Å². The summed E-state index contributed by atoms with van der Waals surface area (Å²) in [4.78, 5) is 26.0. The molecule has 0 N–H and O–H groups in total. The second kappa shape index (κ2) is 8.01. The molecule has 2 aliphatic rings. The Balaban J connectivity index is 1.67. The number of fused-ring (bicyclic) bond motifs is 1. The van der Waals surface area contributed by atoms with E-state index in [1.807, 2.05) is 36.4 Å². The first kappa shape index (κ1) is 20.3.